The number of aryl methyl sites for hydroxylation is 1. The van der Waals surface area contributed by atoms with Gasteiger partial charge in [-0.25, -0.2) is 4.79 Å². The highest BCUT2D eigenvalue weighted by Crippen LogP contribution is 2.30. The normalized spacial score (nSPS) is 10.8. The molecule has 0 aliphatic heterocycles. The van der Waals surface area contributed by atoms with Crippen LogP contribution in [-0.2, 0) is 0 Å². The van der Waals surface area contributed by atoms with Gasteiger partial charge in [0.25, 0.3) is 0 Å². The van der Waals surface area contributed by atoms with Crippen molar-refractivity contribution in [3.05, 3.63) is 33.7 Å². The lowest BCUT2D eigenvalue weighted by Crippen LogP contribution is -2.06. The molecule has 2 aromatic rings. The first kappa shape index (κ1) is 9.58. The number of rotatable bonds is 0. The molecule has 3 N–H and O–H groups in total. The van der Waals surface area contributed by atoms with E-state index in [1.165, 1.54) is 6.07 Å². The third-order valence-electron chi connectivity index (χ3n) is 2.64. The van der Waals surface area contributed by atoms with Crippen LogP contribution in [0.5, 0.6) is 5.75 Å². The van der Waals surface area contributed by atoms with Crippen LogP contribution in [-0.4, -0.2) is 5.11 Å². The number of hydrogen-bond donors (Lipinski definition) is 2. The van der Waals surface area contributed by atoms with Gasteiger partial charge in [0.15, 0.2) is 5.58 Å². The van der Waals surface area contributed by atoms with Gasteiger partial charge < -0.3 is 15.3 Å². The molecule has 78 valence electrons. The van der Waals surface area contributed by atoms with Crippen molar-refractivity contribution in [3.63, 3.8) is 0 Å². The van der Waals surface area contributed by atoms with Crippen molar-refractivity contribution >= 4 is 16.7 Å². The maximum Gasteiger partial charge on any atom is 0.339 e. The summed E-state index contributed by atoms with van der Waals surface area (Å²) < 4.78 is 5.04. The minimum Gasteiger partial charge on any atom is -0.506 e. The minimum absolute atomic E-state index is 0.0751. The van der Waals surface area contributed by atoms with E-state index in [4.69, 9.17) is 10.2 Å². The van der Waals surface area contributed by atoms with Crippen molar-refractivity contribution in [2.75, 3.05) is 5.73 Å². The number of nitrogen functional groups attached to an aromatic ring is 1. The second kappa shape index (κ2) is 3.02. The molecule has 1 heterocycles. The van der Waals surface area contributed by atoms with Gasteiger partial charge in [-0.05, 0) is 31.5 Å². The van der Waals surface area contributed by atoms with Crippen molar-refractivity contribution in [2.24, 2.45) is 0 Å². The van der Waals surface area contributed by atoms with Gasteiger partial charge in [-0.2, -0.15) is 0 Å². The van der Waals surface area contributed by atoms with E-state index in [2.05, 4.69) is 0 Å². The first-order chi connectivity index (χ1) is 7.02. The molecule has 0 spiro atoms. The molecular weight excluding hydrogens is 194 g/mol. The average Bonchev–Trinajstić information content (AvgIpc) is 2.21. The molecule has 0 aliphatic carbocycles. The molecule has 0 saturated carbocycles. The van der Waals surface area contributed by atoms with E-state index >= 15 is 0 Å². The minimum atomic E-state index is -0.419. The molecule has 0 unspecified atom stereocenters. The fraction of sp³-hybridized carbons (Fsp3) is 0.182. The second-order valence-electron chi connectivity index (χ2n) is 3.51. The Balaban J connectivity index is 3.05. The molecule has 1 aromatic heterocycles. The highest BCUT2D eigenvalue weighted by molar-refractivity contribution is 5.92. The van der Waals surface area contributed by atoms with E-state index in [9.17, 15) is 9.90 Å². The largest absolute Gasteiger partial charge is 0.506 e. The number of aromatic hydroxyl groups is 1. The van der Waals surface area contributed by atoms with Gasteiger partial charge in [0.2, 0.25) is 0 Å². The molecule has 4 nitrogen and oxygen atoms in total. The number of nitrogens with two attached hydrogens (primary N) is 1. The van der Waals surface area contributed by atoms with E-state index in [1.807, 2.05) is 6.92 Å². The van der Waals surface area contributed by atoms with Crippen LogP contribution in [0.4, 0.5) is 5.69 Å². The molecule has 1 aromatic carbocycles. The molecular formula is C11H11NO3. The van der Waals surface area contributed by atoms with Crippen LogP contribution in [0.15, 0.2) is 21.3 Å². The molecule has 0 bridgehead atoms. The van der Waals surface area contributed by atoms with Crippen LogP contribution in [0.25, 0.3) is 11.0 Å². The van der Waals surface area contributed by atoms with E-state index in [1.54, 1.807) is 13.0 Å². The lowest BCUT2D eigenvalue weighted by Gasteiger charge is -2.06. The standard InChI is InChI=1S/C11H11NO3/c1-5-6(2)11(14)15-10-7(5)3-4-8(13)9(10)12/h3-4,13H,12H2,1-2H3. The summed E-state index contributed by atoms with van der Waals surface area (Å²) in [6.45, 7) is 3.52. The smallest absolute Gasteiger partial charge is 0.339 e. The predicted molar refractivity (Wildman–Crippen MR) is 58.0 cm³/mol. The van der Waals surface area contributed by atoms with Crippen LogP contribution in [0.3, 0.4) is 0 Å². The summed E-state index contributed by atoms with van der Waals surface area (Å²) in [5, 5.41) is 10.1. The fourth-order valence-electron chi connectivity index (χ4n) is 1.52. The monoisotopic (exact) mass is 205 g/mol. The van der Waals surface area contributed by atoms with Crippen molar-refractivity contribution in [2.45, 2.75) is 13.8 Å². The fourth-order valence-corrected chi connectivity index (χ4v) is 1.52. The van der Waals surface area contributed by atoms with Gasteiger partial charge in [0.1, 0.15) is 11.4 Å². The Kier molecular flexibility index (Phi) is 1.93. The number of fused-ring (bicyclic) bond motifs is 1. The first-order valence-electron chi connectivity index (χ1n) is 4.54. The summed E-state index contributed by atoms with van der Waals surface area (Å²) in [5.41, 5.74) is 6.95. The number of phenols is 1. The zero-order chi connectivity index (χ0) is 11.2. The Hall–Kier alpha value is -1.97. The summed E-state index contributed by atoms with van der Waals surface area (Å²) in [4.78, 5) is 11.4. The van der Waals surface area contributed by atoms with Crippen molar-refractivity contribution in [1.29, 1.82) is 0 Å². The third kappa shape index (κ3) is 1.26. The van der Waals surface area contributed by atoms with E-state index in [0.29, 0.717) is 5.56 Å². The molecule has 0 atom stereocenters. The topological polar surface area (TPSA) is 76.5 Å². The Bertz CT molecular complexity index is 599. The predicted octanol–water partition coefficient (Wildman–Crippen LogP) is 1.70. The summed E-state index contributed by atoms with van der Waals surface area (Å²) in [6, 6.07) is 3.18. The second-order valence-corrected chi connectivity index (χ2v) is 3.51. The van der Waals surface area contributed by atoms with Gasteiger partial charge in [0.05, 0.1) is 0 Å². The molecule has 0 aliphatic rings. The highest BCUT2D eigenvalue weighted by atomic mass is 16.4. The number of benzene rings is 1. The molecule has 15 heavy (non-hydrogen) atoms. The van der Waals surface area contributed by atoms with Gasteiger partial charge in [0, 0.05) is 10.9 Å². The highest BCUT2D eigenvalue weighted by Gasteiger charge is 2.11. The van der Waals surface area contributed by atoms with Gasteiger partial charge in [-0.1, -0.05) is 0 Å². The van der Waals surface area contributed by atoms with E-state index < -0.39 is 5.63 Å². The van der Waals surface area contributed by atoms with Crippen molar-refractivity contribution in [3.8, 4) is 5.75 Å². The molecule has 4 heteroatoms. The van der Waals surface area contributed by atoms with Crippen LogP contribution in [0, 0.1) is 13.8 Å². The van der Waals surface area contributed by atoms with Gasteiger partial charge >= 0.3 is 5.63 Å². The summed E-state index contributed by atoms with van der Waals surface area (Å²) in [7, 11) is 0. The third-order valence-corrected chi connectivity index (χ3v) is 2.64. The molecule has 0 fully saturated rings. The summed E-state index contributed by atoms with van der Waals surface area (Å²) >= 11 is 0. The first-order valence-corrected chi connectivity index (χ1v) is 4.54. The lowest BCUT2D eigenvalue weighted by molar-refractivity contribution is 0.476. The Morgan fingerprint density at radius 1 is 1.27 bits per heavy atom. The Morgan fingerprint density at radius 2 is 1.93 bits per heavy atom. The van der Waals surface area contributed by atoms with Crippen LogP contribution in [0.1, 0.15) is 11.1 Å². The lowest BCUT2D eigenvalue weighted by atomic mass is 10.1. The number of anilines is 1. The molecule has 0 saturated heterocycles. The maximum absolute atomic E-state index is 11.4. The Labute approximate surface area is 85.9 Å². The number of hydrogen-bond acceptors (Lipinski definition) is 4. The Morgan fingerprint density at radius 3 is 2.60 bits per heavy atom. The SMILES string of the molecule is Cc1c(C)c2ccc(O)c(N)c2oc1=O. The average molecular weight is 205 g/mol. The zero-order valence-corrected chi connectivity index (χ0v) is 8.50. The molecule has 0 amide bonds. The maximum atomic E-state index is 11.4. The summed E-state index contributed by atoms with van der Waals surface area (Å²) in [5.74, 6) is -0.0751. The number of phenolic OH excluding ortho intramolecular Hbond substituents is 1. The van der Waals surface area contributed by atoms with Crippen LogP contribution in [0.2, 0.25) is 0 Å². The molecule has 2 rings (SSSR count). The van der Waals surface area contributed by atoms with E-state index in [0.717, 1.165) is 10.9 Å². The zero-order valence-electron chi connectivity index (χ0n) is 8.50. The van der Waals surface area contributed by atoms with Crippen molar-refractivity contribution < 1.29 is 9.52 Å². The van der Waals surface area contributed by atoms with Gasteiger partial charge in [-0.15, -0.1) is 0 Å². The van der Waals surface area contributed by atoms with Crippen LogP contribution >= 0.6 is 0 Å². The van der Waals surface area contributed by atoms with Gasteiger partial charge in [-0.3, -0.25) is 0 Å². The molecule has 0 radical (unpaired) electrons. The van der Waals surface area contributed by atoms with Crippen LogP contribution < -0.4 is 11.4 Å². The summed E-state index contributed by atoms with van der Waals surface area (Å²) in [6.07, 6.45) is 0. The van der Waals surface area contributed by atoms with E-state index in [-0.39, 0.29) is 17.0 Å². The van der Waals surface area contributed by atoms with Crippen molar-refractivity contribution in [1.82, 2.24) is 0 Å². The quantitative estimate of drug-likeness (QED) is 0.390.